The van der Waals surface area contributed by atoms with Crippen molar-refractivity contribution in [2.24, 2.45) is 0 Å². The van der Waals surface area contributed by atoms with Gasteiger partial charge in [-0.05, 0) is 31.2 Å². The lowest BCUT2D eigenvalue weighted by atomic mass is 10.1. The largest absolute Gasteiger partial charge is 0.277 e. The van der Waals surface area contributed by atoms with E-state index in [0.29, 0.717) is 29.5 Å². The number of benzene rings is 1. The van der Waals surface area contributed by atoms with Crippen molar-refractivity contribution >= 4 is 21.8 Å². The molecule has 0 aliphatic heterocycles. The molecule has 15 nitrogen and oxygen atoms in total. The molecule has 0 N–H and O–H groups in total. The summed E-state index contributed by atoms with van der Waals surface area (Å²) in [5.41, 5.74) is -0.115. The zero-order valence-corrected chi connectivity index (χ0v) is 17.1. The second-order valence-corrected chi connectivity index (χ2v) is 7.38. The first kappa shape index (κ1) is 19.5. The van der Waals surface area contributed by atoms with Crippen LogP contribution in [0.25, 0.3) is 21.8 Å². The monoisotopic (exact) mass is 435 g/mol. The average molecular weight is 435 g/mol. The minimum Gasteiger partial charge on any atom is -0.267 e. The lowest BCUT2D eigenvalue weighted by molar-refractivity contribution is 0.354. The van der Waals surface area contributed by atoms with Gasteiger partial charge in [-0.2, -0.15) is 4.80 Å². The second kappa shape index (κ2) is 7.68. The van der Waals surface area contributed by atoms with Crippen LogP contribution in [-0.2, 0) is 13.1 Å². The van der Waals surface area contributed by atoms with E-state index in [1.54, 1.807) is 24.0 Å². The average Bonchev–Trinajstić information content (AvgIpc) is 3.48. The molecular formula is C17H17N13O2. The molecule has 0 saturated heterocycles. The van der Waals surface area contributed by atoms with Gasteiger partial charge in [-0.3, -0.25) is 14.3 Å². The maximum atomic E-state index is 13.0. The van der Waals surface area contributed by atoms with E-state index < -0.39 is 0 Å². The Morgan fingerprint density at radius 1 is 0.812 bits per heavy atom. The summed E-state index contributed by atoms with van der Waals surface area (Å²) in [4.78, 5) is 27.4. The van der Waals surface area contributed by atoms with Crippen LogP contribution in [0.2, 0.25) is 0 Å². The molecular weight excluding hydrogens is 418 g/mol. The normalized spacial score (nSPS) is 13.6. The quantitative estimate of drug-likeness (QED) is 0.300. The van der Waals surface area contributed by atoms with Crippen LogP contribution in [0.1, 0.15) is 25.9 Å². The van der Waals surface area contributed by atoms with Crippen molar-refractivity contribution < 1.29 is 0 Å². The van der Waals surface area contributed by atoms with E-state index in [-0.39, 0.29) is 28.6 Å². The standard InChI is InChI=1S/C17H17N13O2/c1-10(7-27-4-3-18-23-27)29-16(31)12-5-15-13(6-14(12)21-25-29)17(32)30(26-22-15)11(2)8-28-20-9-19-24-28/h3-6,9-11H,7-8H2,1-2H3/t10-,11-/m1/s1. The molecule has 1 aromatic carbocycles. The first-order valence-electron chi connectivity index (χ1n) is 9.74. The van der Waals surface area contributed by atoms with E-state index in [4.69, 9.17) is 0 Å². The third-order valence-corrected chi connectivity index (χ3v) is 5.07. The highest BCUT2D eigenvalue weighted by atomic mass is 16.1. The number of nitrogens with zero attached hydrogens (tertiary/aromatic N) is 13. The number of rotatable bonds is 6. The van der Waals surface area contributed by atoms with E-state index in [9.17, 15) is 9.59 Å². The molecule has 4 heterocycles. The van der Waals surface area contributed by atoms with Crippen molar-refractivity contribution in [2.45, 2.75) is 39.0 Å². The first-order valence-corrected chi connectivity index (χ1v) is 9.74. The van der Waals surface area contributed by atoms with Crippen molar-refractivity contribution in [3.8, 4) is 0 Å². The zero-order valence-electron chi connectivity index (χ0n) is 17.1. The molecule has 0 saturated carbocycles. The van der Waals surface area contributed by atoms with Gasteiger partial charge in [-0.15, -0.1) is 25.5 Å². The van der Waals surface area contributed by atoms with Gasteiger partial charge in [0.25, 0.3) is 11.1 Å². The Balaban J connectivity index is 1.54. The Labute approximate surface area is 178 Å². The van der Waals surface area contributed by atoms with E-state index in [1.165, 1.54) is 32.6 Å². The molecule has 162 valence electrons. The third-order valence-electron chi connectivity index (χ3n) is 5.07. The van der Waals surface area contributed by atoms with Crippen molar-refractivity contribution in [1.29, 1.82) is 0 Å². The van der Waals surface area contributed by atoms with Crippen molar-refractivity contribution in [3.63, 3.8) is 0 Å². The summed E-state index contributed by atoms with van der Waals surface area (Å²) in [5.74, 6) is 0. The van der Waals surface area contributed by atoms with Crippen LogP contribution in [0.5, 0.6) is 0 Å². The highest BCUT2D eigenvalue weighted by molar-refractivity contribution is 5.93. The van der Waals surface area contributed by atoms with E-state index in [1.807, 2.05) is 6.92 Å². The molecule has 2 atom stereocenters. The summed E-state index contributed by atoms with van der Waals surface area (Å²) in [7, 11) is 0. The Kier molecular flexibility index (Phi) is 4.68. The molecule has 0 aliphatic carbocycles. The SMILES string of the molecule is C[C@H](Cn1ccnn1)n1nnc2cc3c(=O)n([C@H](C)Cn4ncnn4)nnc3cc2c1=O. The smallest absolute Gasteiger partial charge is 0.267 e. The van der Waals surface area contributed by atoms with Crippen molar-refractivity contribution in [1.82, 2.24) is 65.2 Å². The molecule has 0 aliphatic rings. The molecule has 0 fully saturated rings. The van der Waals surface area contributed by atoms with Gasteiger partial charge < -0.3 is 0 Å². The Morgan fingerprint density at radius 3 is 1.97 bits per heavy atom. The van der Waals surface area contributed by atoms with Crippen LogP contribution in [0, 0.1) is 0 Å². The zero-order chi connectivity index (χ0) is 22.2. The topological polar surface area (TPSA) is 170 Å². The predicted octanol–water partition coefficient (Wildman–Crippen LogP) is -1.00. The molecule has 0 unspecified atom stereocenters. The Bertz CT molecular complexity index is 1390. The highest BCUT2D eigenvalue weighted by Crippen LogP contribution is 2.15. The molecule has 32 heavy (non-hydrogen) atoms. The summed E-state index contributed by atoms with van der Waals surface area (Å²) >= 11 is 0. The fourth-order valence-electron chi connectivity index (χ4n) is 3.45. The molecule has 15 heteroatoms. The molecule has 0 amide bonds. The first-order chi connectivity index (χ1) is 15.5. The number of hydrogen-bond acceptors (Lipinski definition) is 11. The van der Waals surface area contributed by atoms with Crippen LogP contribution in [0.3, 0.4) is 0 Å². The maximum Gasteiger partial charge on any atom is 0.277 e. The van der Waals surface area contributed by atoms with E-state index >= 15 is 0 Å². The summed E-state index contributed by atoms with van der Waals surface area (Å²) in [6, 6.07) is 2.34. The summed E-state index contributed by atoms with van der Waals surface area (Å²) < 4.78 is 4.12. The van der Waals surface area contributed by atoms with Gasteiger partial charge in [-0.1, -0.05) is 15.6 Å². The minimum absolute atomic E-state index is 0.285. The fourth-order valence-corrected chi connectivity index (χ4v) is 3.45. The number of tetrazole rings is 1. The van der Waals surface area contributed by atoms with Gasteiger partial charge in [0, 0.05) is 6.20 Å². The molecule has 4 aromatic heterocycles. The Morgan fingerprint density at radius 2 is 1.44 bits per heavy atom. The summed E-state index contributed by atoms with van der Waals surface area (Å²) in [5, 5.41) is 36.0. The Hall–Kier alpha value is -4.43. The molecule has 5 rings (SSSR count). The third kappa shape index (κ3) is 3.38. The number of hydrogen-bond donors (Lipinski definition) is 0. The molecule has 5 aromatic rings. The van der Waals surface area contributed by atoms with Crippen LogP contribution in [-0.4, -0.2) is 65.2 Å². The maximum absolute atomic E-state index is 13.0. The van der Waals surface area contributed by atoms with Gasteiger partial charge in [0.15, 0.2) is 6.33 Å². The number of fused-ring (bicyclic) bond motifs is 2. The van der Waals surface area contributed by atoms with Crippen LogP contribution in [0.4, 0.5) is 0 Å². The van der Waals surface area contributed by atoms with Gasteiger partial charge >= 0.3 is 0 Å². The van der Waals surface area contributed by atoms with Crippen molar-refractivity contribution in [2.75, 3.05) is 0 Å². The predicted molar refractivity (Wildman–Crippen MR) is 108 cm³/mol. The van der Waals surface area contributed by atoms with Crippen LogP contribution < -0.4 is 11.1 Å². The van der Waals surface area contributed by atoms with Gasteiger partial charge in [0.2, 0.25) is 0 Å². The lowest BCUT2D eigenvalue weighted by Gasteiger charge is -2.14. The van der Waals surface area contributed by atoms with Gasteiger partial charge in [-0.25, -0.2) is 9.36 Å². The fraction of sp³-hybridized carbons (Fsp3) is 0.353. The second-order valence-electron chi connectivity index (χ2n) is 7.38. The van der Waals surface area contributed by atoms with E-state index in [2.05, 4.69) is 46.3 Å². The highest BCUT2D eigenvalue weighted by Gasteiger charge is 2.17. The van der Waals surface area contributed by atoms with E-state index in [0.717, 1.165) is 0 Å². The molecule has 0 spiro atoms. The summed E-state index contributed by atoms with van der Waals surface area (Å²) in [6.45, 7) is 4.31. The van der Waals surface area contributed by atoms with Crippen LogP contribution in [0.15, 0.2) is 40.4 Å². The van der Waals surface area contributed by atoms with Gasteiger partial charge in [0.1, 0.15) is 11.0 Å². The number of aromatic nitrogens is 13. The minimum atomic E-state index is -0.374. The lowest BCUT2D eigenvalue weighted by Crippen LogP contribution is -2.31. The molecule has 0 radical (unpaired) electrons. The van der Waals surface area contributed by atoms with Crippen molar-refractivity contribution in [3.05, 3.63) is 51.6 Å². The molecule has 0 bridgehead atoms. The van der Waals surface area contributed by atoms with Gasteiger partial charge in [0.05, 0.1) is 42.1 Å². The summed E-state index contributed by atoms with van der Waals surface area (Å²) in [6.07, 6.45) is 4.57. The van der Waals surface area contributed by atoms with Crippen LogP contribution >= 0.6 is 0 Å².